The lowest BCUT2D eigenvalue weighted by Crippen LogP contribution is -2.44. The molecule has 0 aliphatic heterocycles. The van der Waals surface area contributed by atoms with Crippen molar-refractivity contribution in [2.24, 2.45) is 5.73 Å². The van der Waals surface area contributed by atoms with Crippen LogP contribution in [0.1, 0.15) is 28.8 Å². The number of hydrogen-bond donors (Lipinski definition) is 2. The van der Waals surface area contributed by atoms with Gasteiger partial charge in [0, 0.05) is 12.0 Å². The van der Waals surface area contributed by atoms with Gasteiger partial charge in [-0.3, -0.25) is 9.59 Å². The van der Waals surface area contributed by atoms with E-state index in [1.807, 2.05) is 12.1 Å². The van der Waals surface area contributed by atoms with Crippen LogP contribution in [0.15, 0.2) is 24.3 Å². The van der Waals surface area contributed by atoms with Crippen molar-refractivity contribution >= 4 is 11.8 Å². The lowest BCUT2D eigenvalue weighted by Gasteiger charge is -2.13. The molecular weight excluding hydrogens is 244 g/mol. The molecule has 0 aromatic heterocycles. The van der Waals surface area contributed by atoms with Gasteiger partial charge in [0.25, 0.3) is 5.91 Å². The molecular formula is C13H12N4O2. The molecule has 0 aliphatic carbocycles. The molecule has 0 saturated heterocycles. The van der Waals surface area contributed by atoms with Gasteiger partial charge in [-0.15, -0.1) is 0 Å². The Morgan fingerprint density at radius 1 is 1.26 bits per heavy atom. The Bertz CT molecular complexity index is 551. The molecule has 6 nitrogen and oxygen atoms in total. The smallest absolute Gasteiger partial charge is 0.251 e. The summed E-state index contributed by atoms with van der Waals surface area (Å²) in [7, 11) is 0. The van der Waals surface area contributed by atoms with E-state index in [-0.39, 0.29) is 12.8 Å². The highest BCUT2D eigenvalue weighted by Crippen LogP contribution is 2.05. The monoisotopic (exact) mass is 256 g/mol. The number of carbonyl (C=O) groups is 2. The number of amides is 2. The van der Waals surface area contributed by atoms with E-state index in [9.17, 15) is 9.59 Å². The molecule has 6 heteroatoms. The SMILES string of the molecule is N#CCC[C@@H](NC(=O)c1ccc(C#N)cc1)C(N)=O. The molecule has 0 saturated carbocycles. The van der Waals surface area contributed by atoms with E-state index in [1.165, 1.54) is 24.3 Å². The number of nitriles is 2. The predicted octanol–water partition coefficient (Wildman–Crippen LogP) is 0.446. The molecule has 2 amide bonds. The van der Waals surface area contributed by atoms with Crippen LogP contribution in [0.3, 0.4) is 0 Å². The zero-order valence-electron chi connectivity index (χ0n) is 10.1. The first-order valence-electron chi connectivity index (χ1n) is 5.55. The molecule has 1 rings (SSSR count). The second kappa shape index (κ2) is 6.77. The highest BCUT2D eigenvalue weighted by atomic mass is 16.2. The van der Waals surface area contributed by atoms with Gasteiger partial charge in [0.05, 0.1) is 17.7 Å². The van der Waals surface area contributed by atoms with Gasteiger partial charge < -0.3 is 11.1 Å². The van der Waals surface area contributed by atoms with E-state index in [4.69, 9.17) is 16.3 Å². The van der Waals surface area contributed by atoms with Crippen LogP contribution in [0.25, 0.3) is 0 Å². The number of carbonyl (C=O) groups excluding carboxylic acids is 2. The van der Waals surface area contributed by atoms with E-state index in [0.29, 0.717) is 11.1 Å². The van der Waals surface area contributed by atoms with Crippen LogP contribution in [0, 0.1) is 22.7 Å². The second-order valence-corrected chi connectivity index (χ2v) is 3.81. The summed E-state index contributed by atoms with van der Waals surface area (Å²) in [6.07, 6.45) is 0.301. The third-order valence-electron chi connectivity index (χ3n) is 2.47. The van der Waals surface area contributed by atoms with Crippen LogP contribution >= 0.6 is 0 Å². The molecule has 1 aromatic carbocycles. The summed E-state index contributed by atoms with van der Waals surface area (Å²) in [5.41, 5.74) is 5.90. The van der Waals surface area contributed by atoms with E-state index >= 15 is 0 Å². The summed E-state index contributed by atoms with van der Waals surface area (Å²) in [6, 6.07) is 8.92. The lowest BCUT2D eigenvalue weighted by atomic mass is 10.1. The van der Waals surface area contributed by atoms with Crippen molar-refractivity contribution in [2.45, 2.75) is 18.9 Å². The van der Waals surface area contributed by atoms with E-state index in [1.54, 1.807) is 0 Å². The van der Waals surface area contributed by atoms with Crippen molar-refractivity contribution in [3.05, 3.63) is 35.4 Å². The molecule has 19 heavy (non-hydrogen) atoms. The fourth-order valence-corrected chi connectivity index (χ4v) is 1.43. The van der Waals surface area contributed by atoms with Gasteiger partial charge in [0.2, 0.25) is 5.91 Å². The van der Waals surface area contributed by atoms with Crippen molar-refractivity contribution < 1.29 is 9.59 Å². The third-order valence-corrected chi connectivity index (χ3v) is 2.47. The van der Waals surface area contributed by atoms with E-state index in [0.717, 1.165) is 0 Å². The average Bonchev–Trinajstić information content (AvgIpc) is 2.43. The summed E-state index contributed by atoms with van der Waals surface area (Å²) in [4.78, 5) is 23.0. The minimum Gasteiger partial charge on any atom is -0.368 e. The normalized spacial score (nSPS) is 10.8. The zero-order valence-corrected chi connectivity index (χ0v) is 10.1. The molecule has 0 unspecified atom stereocenters. The molecule has 0 spiro atoms. The average molecular weight is 256 g/mol. The van der Waals surface area contributed by atoms with Gasteiger partial charge in [-0.25, -0.2) is 0 Å². The highest BCUT2D eigenvalue weighted by Gasteiger charge is 2.18. The fraction of sp³-hybridized carbons (Fsp3) is 0.231. The van der Waals surface area contributed by atoms with Crippen LogP contribution in [-0.2, 0) is 4.79 Å². The van der Waals surface area contributed by atoms with Gasteiger partial charge in [0.15, 0.2) is 0 Å². The van der Waals surface area contributed by atoms with Crippen molar-refractivity contribution in [1.29, 1.82) is 10.5 Å². The van der Waals surface area contributed by atoms with E-state index in [2.05, 4.69) is 5.32 Å². The zero-order chi connectivity index (χ0) is 14.3. The van der Waals surface area contributed by atoms with Gasteiger partial charge in [-0.05, 0) is 30.7 Å². The predicted molar refractivity (Wildman–Crippen MR) is 66.5 cm³/mol. The first kappa shape index (κ1) is 14.2. The molecule has 3 N–H and O–H groups in total. The number of nitrogens with zero attached hydrogens (tertiary/aromatic N) is 2. The topological polar surface area (TPSA) is 120 Å². The number of hydrogen-bond acceptors (Lipinski definition) is 4. The molecule has 0 fully saturated rings. The molecule has 1 aromatic rings. The lowest BCUT2D eigenvalue weighted by molar-refractivity contribution is -0.119. The fourth-order valence-electron chi connectivity index (χ4n) is 1.43. The van der Waals surface area contributed by atoms with Gasteiger partial charge in [-0.2, -0.15) is 10.5 Å². The Morgan fingerprint density at radius 3 is 2.37 bits per heavy atom. The van der Waals surface area contributed by atoms with Crippen molar-refractivity contribution in [3.8, 4) is 12.1 Å². The molecule has 0 bridgehead atoms. The Labute approximate surface area is 110 Å². The van der Waals surface area contributed by atoms with Crippen molar-refractivity contribution in [1.82, 2.24) is 5.32 Å². The van der Waals surface area contributed by atoms with Crippen LogP contribution in [0.5, 0.6) is 0 Å². The molecule has 0 radical (unpaired) electrons. The summed E-state index contributed by atoms with van der Waals surface area (Å²) in [5.74, 6) is -1.15. The minimum absolute atomic E-state index is 0.126. The Hall–Kier alpha value is -2.86. The maximum absolute atomic E-state index is 11.8. The van der Waals surface area contributed by atoms with Crippen LogP contribution < -0.4 is 11.1 Å². The quantitative estimate of drug-likeness (QED) is 0.794. The number of primary amides is 1. The van der Waals surface area contributed by atoms with Crippen molar-refractivity contribution in [3.63, 3.8) is 0 Å². The number of rotatable bonds is 5. The van der Waals surface area contributed by atoms with Crippen LogP contribution in [-0.4, -0.2) is 17.9 Å². The van der Waals surface area contributed by atoms with Gasteiger partial charge >= 0.3 is 0 Å². The Morgan fingerprint density at radius 2 is 1.89 bits per heavy atom. The first-order chi connectivity index (χ1) is 9.08. The number of nitrogens with two attached hydrogens (primary N) is 1. The molecule has 0 aliphatic rings. The largest absolute Gasteiger partial charge is 0.368 e. The molecule has 1 atom stereocenters. The molecule has 0 heterocycles. The first-order valence-corrected chi connectivity index (χ1v) is 5.55. The number of nitrogens with one attached hydrogen (secondary N) is 1. The Kier molecular flexibility index (Phi) is 5.06. The highest BCUT2D eigenvalue weighted by molar-refractivity contribution is 5.97. The maximum Gasteiger partial charge on any atom is 0.251 e. The van der Waals surface area contributed by atoms with Crippen LogP contribution in [0.2, 0.25) is 0 Å². The van der Waals surface area contributed by atoms with E-state index < -0.39 is 17.9 Å². The van der Waals surface area contributed by atoms with Crippen molar-refractivity contribution in [2.75, 3.05) is 0 Å². The summed E-state index contributed by atoms with van der Waals surface area (Å²) < 4.78 is 0. The van der Waals surface area contributed by atoms with Crippen LogP contribution in [0.4, 0.5) is 0 Å². The maximum atomic E-state index is 11.8. The summed E-state index contributed by atoms with van der Waals surface area (Å²) in [6.45, 7) is 0. The second-order valence-electron chi connectivity index (χ2n) is 3.81. The minimum atomic E-state index is -0.872. The van der Waals surface area contributed by atoms with Gasteiger partial charge in [-0.1, -0.05) is 0 Å². The summed E-state index contributed by atoms with van der Waals surface area (Å²) in [5, 5.41) is 19.6. The Balaban J connectivity index is 2.73. The number of benzene rings is 1. The van der Waals surface area contributed by atoms with Gasteiger partial charge in [0.1, 0.15) is 6.04 Å². The molecule has 96 valence electrons. The third kappa shape index (κ3) is 4.14. The summed E-state index contributed by atoms with van der Waals surface area (Å²) >= 11 is 0. The standard InChI is InChI=1S/C13H12N4O2/c14-7-1-2-11(12(16)18)17-13(19)10-5-3-9(8-15)4-6-10/h3-6,11H,1-2H2,(H2,16,18)(H,17,19)/t11-/m1/s1.